The second-order valence-electron chi connectivity index (χ2n) is 12.8. The summed E-state index contributed by atoms with van der Waals surface area (Å²) in [6, 6.07) is 21.6. The van der Waals surface area contributed by atoms with Crippen LogP contribution in [0.4, 0.5) is 0 Å². The summed E-state index contributed by atoms with van der Waals surface area (Å²) in [7, 11) is 0. The third-order valence-corrected chi connectivity index (χ3v) is 8.97. The molecule has 4 nitrogen and oxygen atoms in total. The number of unbranched alkanes of at least 4 members (excludes halogenated alkanes) is 13. The molecule has 1 aliphatic rings. The van der Waals surface area contributed by atoms with Crippen LogP contribution >= 0.6 is 0 Å². The Bertz CT molecular complexity index is 1250. The van der Waals surface area contributed by atoms with Crippen LogP contribution in [0.2, 0.25) is 0 Å². The summed E-state index contributed by atoms with van der Waals surface area (Å²) in [6.07, 6.45) is 23.0. The highest BCUT2D eigenvalue weighted by Gasteiger charge is 2.21. The van der Waals surface area contributed by atoms with E-state index in [2.05, 4.69) is 26.0 Å². The van der Waals surface area contributed by atoms with Crippen LogP contribution in [0.15, 0.2) is 66.7 Å². The van der Waals surface area contributed by atoms with Gasteiger partial charge in [0.2, 0.25) is 0 Å². The fraction of sp³-hybridized carbons (Fsp3) is 0.537. The molecular formula is C41H56O4. The molecule has 0 saturated carbocycles. The van der Waals surface area contributed by atoms with Crippen LogP contribution in [0.25, 0.3) is 11.1 Å². The summed E-state index contributed by atoms with van der Waals surface area (Å²) in [5.74, 6) is 2.02. The Balaban J connectivity index is 1.15. The van der Waals surface area contributed by atoms with E-state index >= 15 is 0 Å². The van der Waals surface area contributed by atoms with Crippen LogP contribution in [0.1, 0.15) is 139 Å². The number of esters is 1. The summed E-state index contributed by atoms with van der Waals surface area (Å²) >= 11 is 0. The Kier molecular flexibility index (Phi) is 15.4. The normalized spacial score (nSPS) is 14.0. The van der Waals surface area contributed by atoms with E-state index in [0.717, 1.165) is 60.5 Å². The van der Waals surface area contributed by atoms with Gasteiger partial charge in [-0.05, 0) is 91.3 Å². The predicted molar refractivity (Wildman–Crippen MR) is 187 cm³/mol. The molecule has 0 aliphatic carbocycles. The number of carbonyl (C=O) groups is 1. The molecule has 0 aromatic heterocycles. The van der Waals surface area contributed by atoms with Crippen LogP contribution in [0, 0.1) is 0 Å². The molecule has 3 aromatic rings. The summed E-state index contributed by atoms with van der Waals surface area (Å²) in [4.78, 5) is 12.9. The summed E-state index contributed by atoms with van der Waals surface area (Å²) in [5.41, 5.74) is 3.83. The molecule has 45 heavy (non-hydrogen) atoms. The average Bonchev–Trinajstić information content (AvgIpc) is 3.07. The van der Waals surface area contributed by atoms with Crippen molar-refractivity contribution in [3.8, 4) is 28.4 Å². The van der Waals surface area contributed by atoms with E-state index in [1.807, 2.05) is 54.6 Å². The number of fused-ring (bicyclic) bond motifs is 1. The van der Waals surface area contributed by atoms with Crippen molar-refractivity contribution in [2.24, 2.45) is 0 Å². The lowest BCUT2D eigenvalue weighted by Crippen LogP contribution is -2.23. The quantitative estimate of drug-likeness (QED) is 0.0682. The highest BCUT2D eigenvalue weighted by Crippen LogP contribution is 2.31. The Morgan fingerprint density at radius 1 is 0.667 bits per heavy atom. The van der Waals surface area contributed by atoms with Crippen molar-refractivity contribution in [1.29, 1.82) is 0 Å². The fourth-order valence-electron chi connectivity index (χ4n) is 6.16. The SMILES string of the molecule is CCCCCCCCCCCCOc1ccc(-c2ccc(OC(=O)c3ccc4c(c3)CC[C@H](CCCCCCC)O4)cc2)cc1. The van der Waals surface area contributed by atoms with E-state index in [1.54, 1.807) is 0 Å². The van der Waals surface area contributed by atoms with E-state index in [9.17, 15) is 4.79 Å². The summed E-state index contributed by atoms with van der Waals surface area (Å²) < 4.78 is 17.9. The van der Waals surface area contributed by atoms with E-state index in [4.69, 9.17) is 14.2 Å². The Labute approximate surface area is 272 Å². The molecule has 3 aromatic carbocycles. The molecule has 4 rings (SSSR count). The number of hydrogen-bond acceptors (Lipinski definition) is 4. The van der Waals surface area contributed by atoms with Crippen molar-refractivity contribution in [2.75, 3.05) is 6.61 Å². The molecule has 4 heteroatoms. The van der Waals surface area contributed by atoms with Crippen molar-refractivity contribution in [3.63, 3.8) is 0 Å². The largest absolute Gasteiger partial charge is 0.494 e. The lowest BCUT2D eigenvalue weighted by Gasteiger charge is -2.26. The second-order valence-corrected chi connectivity index (χ2v) is 12.8. The average molecular weight is 613 g/mol. The van der Waals surface area contributed by atoms with Gasteiger partial charge in [0.15, 0.2) is 0 Å². The van der Waals surface area contributed by atoms with Crippen molar-refractivity contribution in [2.45, 2.75) is 136 Å². The van der Waals surface area contributed by atoms with Crippen molar-refractivity contribution >= 4 is 5.97 Å². The molecule has 0 N–H and O–H groups in total. The van der Waals surface area contributed by atoms with Crippen LogP contribution in [-0.2, 0) is 6.42 Å². The van der Waals surface area contributed by atoms with Crippen LogP contribution in [-0.4, -0.2) is 18.7 Å². The third-order valence-electron chi connectivity index (χ3n) is 8.97. The third kappa shape index (κ3) is 12.2. The minimum absolute atomic E-state index is 0.286. The molecule has 1 atom stereocenters. The van der Waals surface area contributed by atoms with Gasteiger partial charge in [0.1, 0.15) is 17.2 Å². The molecule has 1 aliphatic heterocycles. The molecule has 0 bridgehead atoms. The van der Waals surface area contributed by atoms with Crippen molar-refractivity contribution in [1.82, 2.24) is 0 Å². The molecule has 1 heterocycles. The monoisotopic (exact) mass is 612 g/mol. The van der Waals surface area contributed by atoms with Crippen molar-refractivity contribution in [3.05, 3.63) is 77.9 Å². The zero-order chi connectivity index (χ0) is 31.5. The first-order valence-corrected chi connectivity index (χ1v) is 18.0. The second kappa shape index (κ2) is 20.0. The number of ether oxygens (including phenoxy) is 3. The summed E-state index contributed by atoms with van der Waals surface area (Å²) in [5, 5.41) is 0. The van der Waals surface area contributed by atoms with Gasteiger partial charge in [-0.3, -0.25) is 0 Å². The fourth-order valence-corrected chi connectivity index (χ4v) is 6.16. The van der Waals surface area contributed by atoms with E-state index in [1.165, 1.54) is 89.9 Å². The predicted octanol–water partition coefficient (Wildman–Crippen LogP) is 11.9. The molecule has 0 radical (unpaired) electrons. The first-order chi connectivity index (χ1) is 22.2. The number of hydrogen-bond donors (Lipinski definition) is 0. The smallest absolute Gasteiger partial charge is 0.343 e. The van der Waals surface area contributed by atoms with E-state index in [0.29, 0.717) is 11.3 Å². The van der Waals surface area contributed by atoms with Gasteiger partial charge in [-0.15, -0.1) is 0 Å². The minimum atomic E-state index is -0.340. The first-order valence-electron chi connectivity index (χ1n) is 18.0. The number of rotatable bonds is 21. The summed E-state index contributed by atoms with van der Waals surface area (Å²) in [6.45, 7) is 5.29. The maximum Gasteiger partial charge on any atom is 0.343 e. The molecule has 0 fully saturated rings. The molecule has 0 amide bonds. The number of carbonyl (C=O) groups excluding carboxylic acids is 1. The van der Waals surface area contributed by atoms with Gasteiger partial charge >= 0.3 is 5.97 Å². The number of aryl methyl sites for hydroxylation is 1. The van der Waals surface area contributed by atoms with E-state index < -0.39 is 0 Å². The molecule has 0 unspecified atom stereocenters. The molecule has 0 spiro atoms. The maximum absolute atomic E-state index is 12.9. The van der Waals surface area contributed by atoms with Gasteiger partial charge in [-0.1, -0.05) is 122 Å². The van der Waals surface area contributed by atoms with Gasteiger partial charge < -0.3 is 14.2 Å². The number of benzene rings is 3. The zero-order valence-electron chi connectivity index (χ0n) is 28.0. The Morgan fingerprint density at radius 3 is 1.84 bits per heavy atom. The van der Waals surface area contributed by atoms with Gasteiger partial charge in [0.05, 0.1) is 18.3 Å². The van der Waals surface area contributed by atoms with Gasteiger partial charge in [-0.2, -0.15) is 0 Å². The zero-order valence-corrected chi connectivity index (χ0v) is 28.0. The van der Waals surface area contributed by atoms with Crippen LogP contribution in [0.3, 0.4) is 0 Å². The highest BCUT2D eigenvalue weighted by atomic mass is 16.5. The maximum atomic E-state index is 12.9. The molecule has 0 saturated heterocycles. The highest BCUT2D eigenvalue weighted by molar-refractivity contribution is 5.91. The molecule has 244 valence electrons. The van der Waals surface area contributed by atoms with Crippen LogP contribution < -0.4 is 14.2 Å². The topological polar surface area (TPSA) is 44.8 Å². The van der Waals surface area contributed by atoms with Gasteiger partial charge in [-0.25, -0.2) is 4.79 Å². The lowest BCUT2D eigenvalue weighted by molar-refractivity contribution is 0.0734. The van der Waals surface area contributed by atoms with Crippen molar-refractivity contribution < 1.29 is 19.0 Å². The standard InChI is InChI=1S/C41H56O4/c1-3-5-7-9-10-11-12-13-15-17-31-43-37-25-19-33(20-26-37)34-21-27-39(28-22-34)45-41(42)36-24-30-40-35(32-36)23-29-38(44-40)18-16-14-8-6-4-2/h19-22,24-28,30,32,38H,3-18,23,29,31H2,1-2H3/t38-/m0/s1. The van der Waals surface area contributed by atoms with Gasteiger partial charge in [0.25, 0.3) is 0 Å². The lowest BCUT2D eigenvalue weighted by atomic mass is 9.97. The minimum Gasteiger partial charge on any atom is -0.494 e. The van der Waals surface area contributed by atoms with Crippen LogP contribution in [0.5, 0.6) is 17.2 Å². The van der Waals surface area contributed by atoms with Gasteiger partial charge in [0, 0.05) is 0 Å². The Morgan fingerprint density at radius 2 is 1.22 bits per heavy atom. The Hall–Kier alpha value is -3.27. The molecular weight excluding hydrogens is 556 g/mol. The first kappa shape index (κ1) is 34.6. The van der Waals surface area contributed by atoms with E-state index in [-0.39, 0.29) is 12.1 Å².